The van der Waals surface area contributed by atoms with Gasteiger partial charge >= 0.3 is 5.97 Å². The molecule has 2 aromatic rings. The van der Waals surface area contributed by atoms with Crippen LogP contribution >= 0.6 is 22.9 Å². The van der Waals surface area contributed by atoms with Gasteiger partial charge in [0, 0.05) is 9.91 Å². The number of carbonyl (C=O) groups excluding carboxylic acids is 1. The van der Waals surface area contributed by atoms with E-state index in [1.165, 1.54) is 17.4 Å². The lowest BCUT2D eigenvalue weighted by Crippen LogP contribution is -2.03. The van der Waals surface area contributed by atoms with Crippen LogP contribution in [0.15, 0.2) is 64.3 Å². The van der Waals surface area contributed by atoms with Crippen LogP contribution in [0.3, 0.4) is 0 Å². The van der Waals surface area contributed by atoms with Crippen molar-refractivity contribution in [2.24, 2.45) is 4.99 Å². The third-order valence-electron chi connectivity index (χ3n) is 2.95. The van der Waals surface area contributed by atoms with E-state index in [9.17, 15) is 4.79 Å². The van der Waals surface area contributed by atoms with Gasteiger partial charge in [0.2, 0.25) is 5.90 Å². The van der Waals surface area contributed by atoms with E-state index in [1.807, 2.05) is 49.4 Å². The minimum absolute atomic E-state index is 0.207. The van der Waals surface area contributed by atoms with E-state index in [4.69, 9.17) is 16.3 Å². The summed E-state index contributed by atoms with van der Waals surface area (Å²) in [5.41, 5.74) is 1.16. The van der Waals surface area contributed by atoms with Gasteiger partial charge in [-0.3, -0.25) is 0 Å². The van der Waals surface area contributed by atoms with E-state index in [2.05, 4.69) is 4.99 Å². The second-order valence-electron chi connectivity index (χ2n) is 4.69. The molecule has 1 aliphatic rings. The fourth-order valence-corrected chi connectivity index (χ4v) is 2.97. The summed E-state index contributed by atoms with van der Waals surface area (Å²) in [5.74, 6) is -0.154. The molecule has 0 fully saturated rings. The summed E-state index contributed by atoms with van der Waals surface area (Å²) >= 11 is 7.70. The number of halogens is 1. The van der Waals surface area contributed by atoms with Crippen molar-refractivity contribution in [2.45, 2.75) is 6.92 Å². The number of nitrogens with zero attached hydrogens (tertiary/aromatic N) is 1. The Labute approximate surface area is 137 Å². The molecule has 110 valence electrons. The Morgan fingerprint density at radius 1 is 1.23 bits per heavy atom. The molecule has 0 N–H and O–H groups in total. The molecule has 3 rings (SSSR count). The van der Waals surface area contributed by atoms with E-state index < -0.39 is 5.97 Å². The number of allylic oxidation sites excluding steroid dienone is 2. The first kappa shape index (κ1) is 14.8. The zero-order chi connectivity index (χ0) is 15.5. The van der Waals surface area contributed by atoms with Crippen molar-refractivity contribution in [3.05, 3.63) is 74.6 Å². The summed E-state index contributed by atoms with van der Waals surface area (Å²) in [6.07, 6.45) is 3.29. The number of thiophene rings is 1. The molecule has 3 nitrogen and oxygen atoms in total. The highest BCUT2D eigenvalue weighted by Crippen LogP contribution is 2.24. The van der Waals surface area contributed by atoms with E-state index in [-0.39, 0.29) is 5.70 Å². The number of aryl methyl sites for hydroxylation is 1. The molecule has 22 heavy (non-hydrogen) atoms. The van der Waals surface area contributed by atoms with E-state index in [1.54, 1.807) is 6.08 Å². The Hall–Kier alpha value is -2.17. The molecule has 0 radical (unpaired) electrons. The molecular formula is C17H12ClNO2S. The molecular weight excluding hydrogens is 318 g/mol. The van der Waals surface area contributed by atoms with Crippen LogP contribution in [0, 0.1) is 6.92 Å². The van der Waals surface area contributed by atoms with Crippen LogP contribution in [0.4, 0.5) is 0 Å². The minimum atomic E-state index is -0.485. The maximum absolute atomic E-state index is 11.9. The van der Waals surface area contributed by atoms with Crippen molar-refractivity contribution in [3.63, 3.8) is 0 Å². The minimum Gasteiger partial charge on any atom is -0.401 e. The predicted octanol–water partition coefficient (Wildman–Crippen LogP) is 4.52. The SMILES string of the molecule is Cc1ccc(C2=NC(=CC(Cl)=Cc3ccccc3)C(=O)O2)s1. The van der Waals surface area contributed by atoms with E-state index in [0.29, 0.717) is 10.9 Å². The third-order valence-corrected chi connectivity index (χ3v) is 4.16. The zero-order valence-electron chi connectivity index (χ0n) is 11.7. The average molecular weight is 330 g/mol. The highest BCUT2D eigenvalue weighted by Gasteiger charge is 2.25. The second-order valence-corrected chi connectivity index (χ2v) is 6.41. The number of esters is 1. The fraction of sp³-hybridized carbons (Fsp3) is 0.0588. The van der Waals surface area contributed by atoms with Crippen LogP contribution in [-0.4, -0.2) is 11.9 Å². The van der Waals surface area contributed by atoms with Crippen molar-refractivity contribution in [1.29, 1.82) is 0 Å². The van der Waals surface area contributed by atoms with Crippen LogP contribution in [0.25, 0.3) is 6.08 Å². The van der Waals surface area contributed by atoms with Gasteiger partial charge in [0.05, 0.1) is 4.88 Å². The van der Waals surface area contributed by atoms with E-state index in [0.717, 1.165) is 15.3 Å². The third kappa shape index (κ3) is 3.35. The van der Waals surface area contributed by atoms with Crippen molar-refractivity contribution in [1.82, 2.24) is 0 Å². The average Bonchev–Trinajstić information content (AvgIpc) is 3.07. The summed E-state index contributed by atoms with van der Waals surface area (Å²) in [5, 5.41) is 0.422. The van der Waals surface area contributed by atoms with E-state index >= 15 is 0 Å². The quantitative estimate of drug-likeness (QED) is 0.613. The number of benzene rings is 1. The number of hydrogen-bond acceptors (Lipinski definition) is 4. The standard InChI is InChI=1S/C17H12ClNO2S/c1-11-7-8-15(22-11)16-19-14(17(20)21-16)10-13(18)9-12-5-3-2-4-6-12/h2-10H,1H3. The molecule has 0 bridgehead atoms. The first-order valence-corrected chi connectivity index (χ1v) is 7.83. The summed E-state index contributed by atoms with van der Waals surface area (Å²) in [6.45, 7) is 1.99. The van der Waals surface area contributed by atoms with Gasteiger partial charge < -0.3 is 4.74 Å². The van der Waals surface area contributed by atoms with Gasteiger partial charge in [-0.05, 0) is 36.8 Å². The van der Waals surface area contributed by atoms with Crippen molar-refractivity contribution in [2.75, 3.05) is 0 Å². The molecule has 2 heterocycles. The second kappa shape index (κ2) is 6.30. The molecule has 1 aromatic carbocycles. The number of cyclic esters (lactones) is 1. The van der Waals surface area contributed by atoms with Gasteiger partial charge in [0.1, 0.15) is 0 Å². The maximum atomic E-state index is 11.9. The lowest BCUT2D eigenvalue weighted by atomic mass is 10.2. The Bertz CT molecular complexity index is 803. The molecule has 0 amide bonds. The van der Waals surface area contributed by atoms with Gasteiger partial charge in [0.25, 0.3) is 0 Å². The lowest BCUT2D eigenvalue weighted by molar-refractivity contribution is -0.130. The van der Waals surface area contributed by atoms with Crippen molar-refractivity contribution >= 4 is 40.9 Å². The Kier molecular flexibility index (Phi) is 4.22. The number of ether oxygens (including phenoxy) is 1. The fourth-order valence-electron chi connectivity index (χ4n) is 1.94. The van der Waals surface area contributed by atoms with Crippen molar-refractivity contribution < 1.29 is 9.53 Å². The predicted molar refractivity (Wildman–Crippen MR) is 90.0 cm³/mol. The first-order chi connectivity index (χ1) is 10.6. The molecule has 0 atom stereocenters. The number of carbonyl (C=O) groups is 1. The Balaban J connectivity index is 1.86. The number of aliphatic imine (C=N–C) groups is 1. The summed E-state index contributed by atoms with van der Waals surface area (Å²) in [4.78, 5) is 18.1. The lowest BCUT2D eigenvalue weighted by Gasteiger charge is -1.94. The highest BCUT2D eigenvalue weighted by atomic mass is 35.5. The van der Waals surface area contributed by atoms with Crippen molar-refractivity contribution in [3.8, 4) is 0 Å². The van der Waals surface area contributed by atoms with Crippen LogP contribution in [0.1, 0.15) is 15.3 Å². The molecule has 0 spiro atoms. The molecule has 1 aromatic heterocycles. The van der Waals surface area contributed by atoms with Gasteiger partial charge in [-0.25, -0.2) is 9.79 Å². The molecule has 0 saturated heterocycles. The summed E-state index contributed by atoms with van der Waals surface area (Å²) in [6, 6.07) is 13.5. The maximum Gasteiger partial charge on any atom is 0.363 e. The molecule has 5 heteroatoms. The summed E-state index contributed by atoms with van der Waals surface area (Å²) < 4.78 is 5.19. The van der Waals surface area contributed by atoms with Crippen LogP contribution in [0.2, 0.25) is 0 Å². The van der Waals surface area contributed by atoms with Crippen LogP contribution in [0.5, 0.6) is 0 Å². The monoisotopic (exact) mass is 329 g/mol. The smallest absolute Gasteiger partial charge is 0.363 e. The van der Waals surface area contributed by atoms with Gasteiger partial charge in [-0.2, -0.15) is 0 Å². The topological polar surface area (TPSA) is 38.7 Å². The largest absolute Gasteiger partial charge is 0.401 e. The zero-order valence-corrected chi connectivity index (χ0v) is 13.3. The number of hydrogen-bond donors (Lipinski definition) is 0. The molecule has 0 unspecified atom stereocenters. The van der Waals surface area contributed by atoms with Gasteiger partial charge in [-0.1, -0.05) is 41.9 Å². The normalized spacial score (nSPS) is 16.8. The molecule has 1 aliphatic heterocycles. The molecule has 0 aliphatic carbocycles. The summed E-state index contributed by atoms with van der Waals surface area (Å²) in [7, 11) is 0. The first-order valence-electron chi connectivity index (χ1n) is 6.63. The van der Waals surface area contributed by atoms with Crippen LogP contribution in [-0.2, 0) is 9.53 Å². The van der Waals surface area contributed by atoms with Gasteiger partial charge in [0.15, 0.2) is 5.70 Å². The Morgan fingerprint density at radius 2 is 2.00 bits per heavy atom. The number of rotatable bonds is 3. The molecule has 0 saturated carbocycles. The Morgan fingerprint density at radius 3 is 2.68 bits per heavy atom. The highest BCUT2D eigenvalue weighted by molar-refractivity contribution is 7.14. The van der Waals surface area contributed by atoms with Gasteiger partial charge in [-0.15, -0.1) is 11.3 Å². The van der Waals surface area contributed by atoms with Crippen LogP contribution < -0.4 is 0 Å².